The van der Waals surface area contributed by atoms with Gasteiger partial charge in [0.1, 0.15) is 5.75 Å². The SMILES string of the molecule is COCCC(C(=O)Cc1ccc(C(=O)O)cc1)n1cc(OC)c(-c2cc(Cl)ccc2-c2cnn(C(F)F)c2)cc1=O. The predicted molar refractivity (Wildman–Crippen MR) is 148 cm³/mol. The molecule has 4 rings (SSSR count). The monoisotopic (exact) mass is 585 g/mol. The third kappa shape index (κ3) is 6.69. The van der Waals surface area contributed by atoms with Crippen molar-refractivity contribution in [3.63, 3.8) is 0 Å². The molecule has 0 aliphatic rings. The van der Waals surface area contributed by atoms with Gasteiger partial charge in [-0.05, 0) is 47.4 Å². The van der Waals surface area contributed by atoms with Crippen LogP contribution in [0.15, 0.2) is 71.9 Å². The van der Waals surface area contributed by atoms with Crippen molar-refractivity contribution in [3.05, 3.63) is 93.6 Å². The molecule has 0 fully saturated rings. The Labute approximate surface area is 238 Å². The van der Waals surface area contributed by atoms with Gasteiger partial charge in [-0.15, -0.1) is 0 Å². The van der Waals surface area contributed by atoms with E-state index in [1.165, 1.54) is 55.6 Å². The molecule has 0 amide bonds. The molecule has 0 spiro atoms. The van der Waals surface area contributed by atoms with Crippen LogP contribution >= 0.6 is 11.6 Å². The van der Waals surface area contributed by atoms with Crippen LogP contribution in [0.1, 0.15) is 34.9 Å². The topological polar surface area (TPSA) is 113 Å². The predicted octanol–water partition coefficient (Wildman–Crippen LogP) is 5.52. The zero-order valence-corrected chi connectivity index (χ0v) is 22.8. The van der Waals surface area contributed by atoms with Crippen molar-refractivity contribution < 1.29 is 33.0 Å². The third-order valence-corrected chi connectivity index (χ3v) is 6.77. The lowest BCUT2D eigenvalue weighted by Crippen LogP contribution is -2.31. The van der Waals surface area contributed by atoms with Crippen LogP contribution in [0.25, 0.3) is 22.3 Å². The fourth-order valence-electron chi connectivity index (χ4n) is 4.49. The summed E-state index contributed by atoms with van der Waals surface area (Å²) < 4.78 is 38.9. The number of rotatable bonds is 12. The standard InChI is InChI=1S/C29H26ClF2N3O6/c1-40-10-9-24(25(36)11-17-3-5-18(6-4-17)28(38)39)34-16-26(41-2)23(13-27(34)37)22-12-20(30)7-8-21(22)19-14-33-35(15-19)29(31)32/h3-8,12-16,24,29H,9-11H2,1-2H3,(H,38,39). The van der Waals surface area contributed by atoms with Gasteiger partial charge in [0.15, 0.2) is 5.78 Å². The first-order valence-corrected chi connectivity index (χ1v) is 12.8. The molecule has 1 N–H and O–H groups in total. The van der Waals surface area contributed by atoms with Crippen LogP contribution in [0, 0.1) is 0 Å². The molecule has 0 aliphatic heterocycles. The number of ether oxygens (including phenoxy) is 2. The van der Waals surface area contributed by atoms with Crippen molar-refractivity contribution in [2.75, 3.05) is 20.8 Å². The lowest BCUT2D eigenvalue weighted by atomic mass is 9.95. The molecule has 12 heteroatoms. The number of methoxy groups -OCH3 is 2. The zero-order valence-electron chi connectivity index (χ0n) is 22.1. The number of nitrogens with zero attached hydrogens (tertiary/aromatic N) is 3. The number of hydrogen-bond donors (Lipinski definition) is 1. The lowest BCUT2D eigenvalue weighted by molar-refractivity contribution is -0.122. The second-order valence-electron chi connectivity index (χ2n) is 9.12. The first kappa shape index (κ1) is 29.6. The molecule has 1 unspecified atom stereocenters. The van der Waals surface area contributed by atoms with Crippen molar-refractivity contribution in [2.45, 2.75) is 25.4 Å². The largest absolute Gasteiger partial charge is 0.495 e. The van der Waals surface area contributed by atoms with Gasteiger partial charge in [0.25, 0.3) is 5.56 Å². The Morgan fingerprint density at radius 2 is 1.76 bits per heavy atom. The highest BCUT2D eigenvalue weighted by Crippen LogP contribution is 2.38. The Bertz CT molecular complexity index is 1620. The summed E-state index contributed by atoms with van der Waals surface area (Å²) in [4.78, 5) is 38.1. The number of alkyl halides is 2. The summed E-state index contributed by atoms with van der Waals surface area (Å²) in [7, 11) is 2.89. The number of carboxylic acids is 1. The molecule has 214 valence electrons. The molecule has 0 radical (unpaired) electrons. The highest BCUT2D eigenvalue weighted by atomic mass is 35.5. The number of benzene rings is 2. The van der Waals surface area contributed by atoms with Crippen molar-refractivity contribution in [3.8, 4) is 28.0 Å². The van der Waals surface area contributed by atoms with Gasteiger partial charge in [-0.2, -0.15) is 13.9 Å². The summed E-state index contributed by atoms with van der Waals surface area (Å²) in [6.45, 7) is -2.63. The van der Waals surface area contributed by atoms with Crippen molar-refractivity contribution in [1.82, 2.24) is 14.3 Å². The number of hydrogen-bond acceptors (Lipinski definition) is 6. The maximum absolute atomic E-state index is 13.5. The molecule has 9 nitrogen and oxygen atoms in total. The summed E-state index contributed by atoms with van der Waals surface area (Å²) in [6.07, 6.45) is 4.05. The summed E-state index contributed by atoms with van der Waals surface area (Å²) in [5.41, 5.74) is 1.84. The summed E-state index contributed by atoms with van der Waals surface area (Å²) >= 11 is 6.27. The molecule has 0 aliphatic carbocycles. The number of Topliss-reactive ketones (excluding diaryl/α,β-unsaturated/α-hetero) is 1. The highest BCUT2D eigenvalue weighted by Gasteiger charge is 2.25. The third-order valence-electron chi connectivity index (χ3n) is 6.53. The van der Waals surface area contributed by atoms with Gasteiger partial charge < -0.3 is 19.1 Å². The van der Waals surface area contributed by atoms with Gasteiger partial charge in [0.05, 0.1) is 31.1 Å². The Kier molecular flexibility index (Phi) is 9.31. The van der Waals surface area contributed by atoms with Crippen LogP contribution < -0.4 is 10.3 Å². The lowest BCUT2D eigenvalue weighted by Gasteiger charge is -2.21. The second kappa shape index (κ2) is 12.9. The molecule has 0 bridgehead atoms. The average Bonchev–Trinajstić information content (AvgIpc) is 3.44. The molecule has 2 aromatic carbocycles. The number of carbonyl (C=O) groups is 2. The van der Waals surface area contributed by atoms with E-state index in [0.717, 1.165) is 0 Å². The zero-order chi connectivity index (χ0) is 29.7. The van der Waals surface area contributed by atoms with Gasteiger partial charge in [0.2, 0.25) is 0 Å². The van der Waals surface area contributed by atoms with Gasteiger partial charge in [-0.25, -0.2) is 9.48 Å². The average molecular weight is 586 g/mol. The van der Waals surface area contributed by atoms with E-state index in [-0.39, 0.29) is 36.5 Å². The van der Waals surface area contributed by atoms with Crippen LogP contribution in [0.2, 0.25) is 5.02 Å². The van der Waals surface area contributed by atoms with Crippen LogP contribution in [0.5, 0.6) is 5.75 Å². The van der Waals surface area contributed by atoms with E-state index in [0.29, 0.717) is 37.5 Å². The fourth-order valence-corrected chi connectivity index (χ4v) is 4.66. The summed E-state index contributed by atoms with van der Waals surface area (Å²) in [5.74, 6) is -1.12. The van der Waals surface area contributed by atoms with E-state index in [9.17, 15) is 23.2 Å². The number of carboxylic acid groups (broad SMARTS) is 1. The van der Waals surface area contributed by atoms with Gasteiger partial charge in [0, 0.05) is 48.6 Å². The van der Waals surface area contributed by atoms with Crippen molar-refractivity contribution in [2.24, 2.45) is 0 Å². The van der Waals surface area contributed by atoms with E-state index in [1.807, 2.05) is 0 Å². The molecule has 1 atom stereocenters. The summed E-state index contributed by atoms with van der Waals surface area (Å²) in [5, 5.41) is 13.2. The van der Waals surface area contributed by atoms with Crippen molar-refractivity contribution >= 4 is 23.4 Å². The minimum atomic E-state index is -2.82. The number of aromatic carboxylic acids is 1. The maximum atomic E-state index is 13.5. The normalized spacial score (nSPS) is 12.0. The highest BCUT2D eigenvalue weighted by molar-refractivity contribution is 6.31. The van der Waals surface area contributed by atoms with Crippen molar-refractivity contribution in [1.29, 1.82) is 0 Å². The van der Waals surface area contributed by atoms with E-state index < -0.39 is 24.1 Å². The molecule has 4 aromatic rings. The number of halogens is 3. The Balaban J connectivity index is 1.75. The fraction of sp³-hybridized carbons (Fsp3) is 0.241. The Morgan fingerprint density at radius 1 is 1.02 bits per heavy atom. The van der Waals surface area contributed by atoms with E-state index >= 15 is 0 Å². The quantitative estimate of drug-likeness (QED) is 0.233. The minimum Gasteiger partial charge on any atom is -0.495 e. The number of aromatic nitrogens is 3. The Morgan fingerprint density at radius 3 is 2.37 bits per heavy atom. The first-order valence-electron chi connectivity index (χ1n) is 12.4. The molecular formula is C29H26ClF2N3O6. The minimum absolute atomic E-state index is 0.0443. The smallest absolute Gasteiger partial charge is 0.335 e. The van der Waals surface area contributed by atoms with E-state index in [1.54, 1.807) is 30.3 Å². The number of ketones is 1. The molecule has 0 saturated heterocycles. The molecular weight excluding hydrogens is 560 g/mol. The van der Waals surface area contributed by atoms with Gasteiger partial charge >= 0.3 is 12.5 Å². The maximum Gasteiger partial charge on any atom is 0.335 e. The molecule has 2 heterocycles. The second-order valence-corrected chi connectivity index (χ2v) is 9.56. The molecule has 41 heavy (non-hydrogen) atoms. The first-order chi connectivity index (χ1) is 19.6. The van der Waals surface area contributed by atoms with Crippen LogP contribution in [0.4, 0.5) is 8.78 Å². The van der Waals surface area contributed by atoms with Gasteiger partial charge in [-0.3, -0.25) is 9.59 Å². The number of pyridine rings is 1. The van der Waals surface area contributed by atoms with Crippen LogP contribution in [-0.4, -0.2) is 52.0 Å². The molecule has 0 saturated carbocycles. The van der Waals surface area contributed by atoms with E-state index in [2.05, 4.69) is 5.10 Å². The van der Waals surface area contributed by atoms with Gasteiger partial charge in [-0.1, -0.05) is 29.8 Å². The van der Waals surface area contributed by atoms with E-state index in [4.69, 9.17) is 26.2 Å². The molecule has 2 aromatic heterocycles. The number of carbonyl (C=O) groups excluding carboxylic acids is 1. The van der Waals surface area contributed by atoms with Crippen LogP contribution in [0.3, 0.4) is 0 Å². The summed E-state index contributed by atoms with van der Waals surface area (Å²) in [6, 6.07) is 11.1. The van der Waals surface area contributed by atoms with Crippen LogP contribution in [-0.2, 0) is 16.0 Å². The Hall–Kier alpha value is -4.35.